The van der Waals surface area contributed by atoms with Crippen LogP contribution in [0, 0.1) is 13.8 Å². The van der Waals surface area contributed by atoms with Gasteiger partial charge >= 0.3 is 0 Å². The molecule has 0 saturated heterocycles. The highest BCUT2D eigenvalue weighted by molar-refractivity contribution is 7.11. The molecule has 3 rings (SSSR count). The molecule has 0 aromatic heterocycles. The normalized spacial score (nSPS) is 11.6. The zero-order chi connectivity index (χ0) is 20.9. The van der Waals surface area contributed by atoms with E-state index in [9.17, 15) is 0 Å². The van der Waals surface area contributed by atoms with E-state index in [1.807, 2.05) is 0 Å². The van der Waals surface area contributed by atoms with E-state index < -0.39 is 6.15 Å². The van der Waals surface area contributed by atoms with E-state index in [4.69, 9.17) is 23.2 Å². The van der Waals surface area contributed by atoms with Crippen LogP contribution in [0.2, 0.25) is 16.4 Å². The lowest BCUT2D eigenvalue weighted by Crippen LogP contribution is -2.67. The van der Waals surface area contributed by atoms with E-state index in [1.54, 1.807) is 0 Å². The first-order chi connectivity index (χ1) is 14.0. The molecule has 0 radical (unpaired) electrons. The molecule has 3 aromatic rings. The highest BCUT2D eigenvalue weighted by atomic mass is 35.5. The number of rotatable bonds is 8. The molecule has 0 aliphatic rings. The lowest BCUT2D eigenvalue weighted by atomic mass is 9.14. The number of hydrogen-bond donors (Lipinski definition) is 0. The Hall–Kier alpha value is -1.70. The maximum absolute atomic E-state index is 6.62. The Labute approximate surface area is 186 Å². The quantitative estimate of drug-likeness (QED) is 0.280. The summed E-state index contributed by atoms with van der Waals surface area (Å²) in [7, 11) is 0. The molecule has 0 heterocycles. The highest BCUT2D eigenvalue weighted by Gasteiger charge is 2.30. The van der Waals surface area contributed by atoms with Gasteiger partial charge in [-0.15, -0.1) is 0 Å². The van der Waals surface area contributed by atoms with Crippen LogP contribution in [0.15, 0.2) is 66.7 Å². The van der Waals surface area contributed by atoms with Crippen LogP contribution >= 0.6 is 23.2 Å². The molecule has 0 fully saturated rings. The van der Waals surface area contributed by atoms with Crippen molar-refractivity contribution in [3.8, 4) is 0 Å². The van der Waals surface area contributed by atoms with Crippen LogP contribution < -0.4 is 16.4 Å². The van der Waals surface area contributed by atoms with Gasteiger partial charge in [-0.2, -0.15) is 22.7 Å². The molecule has 0 atom stereocenters. The average Bonchev–Trinajstić information content (AvgIpc) is 2.73. The van der Waals surface area contributed by atoms with Gasteiger partial charge in [-0.25, -0.2) is 0 Å². The third-order valence-electron chi connectivity index (χ3n) is 6.39. The molecule has 3 heteroatoms. The Morgan fingerprint density at radius 2 is 1.21 bits per heavy atom. The first kappa shape index (κ1) is 22.0. The van der Waals surface area contributed by atoms with Crippen molar-refractivity contribution in [1.29, 1.82) is 0 Å². The smallest absolute Gasteiger partial charge is 0.0816 e. The second-order valence-corrected chi connectivity index (χ2v) is 9.14. The third kappa shape index (κ3) is 4.73. The predicted molar refractivity (Wildman–Crippen MR) is 132 cm³/mol. The second-order valence-electron chi connectivity index (χ2n) is 8.32. The molecule has 0 spiro atoms. The number of benzene rings is 3. The third-order valence-corrected chi connectivity index (χ3v) is 7.20. The molecule has 0 bridgehead atoms. The summed E-state index contributed by atoms with van der Waals surface area (Å²) in [5.74, 6) is 0. The van der Waals surface area contributed by atoms with Crippen LogP contribution in [0.1, 0.15) is 43.7 Å². The SMILES string of the molecule is CCCCCC[B-](c1ccccc1)(c1ccc(C)c(Cl)c1)c1ccc(C)c(Cl)c1. The van der Waals surface area contributed by atoms with E-state index in [0.717, 1.165) is 27.5 Å². The summed E-state index contributed by atoms with van der Waals surface area (Å²) in [5, 5.41) is 1.66. The van der Waals surface area contributed by atoms with Gasteiger partial charge in [-0.05, 0) is 25.0 Å². The molecule has 0 nitrogen and oxygen atoms in total. The molecule has 3 aromatic carbocycles. The summed E-state index contributed by atoms with van der Waals surface area (Å²) in [5.41, 5.74) is 6.16. The Kier molecular flexibility index (Phi) is 7.49. The van der Waals surface area contributed by atoms with E-state index in [-0.39, 0.29) is 0 Å². The Balaban J connectivity index is 2.25. The lowest BCUT2D eigenvalue weighted by Gasteiger charge is -2.44. The van der Waals surface area contributed by atoms with E-state index in [1.165, 1.54) is 42.1 Å². The highest BCUT2D eigenvalue weighted by Crippen LogP contribution is 2.23. The summed E-state index contributed by atoms with van der Waals surface area (Å²) in [6.07, 6.45) is 4.85. The summed E-state index contributed by atoms with van der Waals surface area (Å²) >= 11 is 13.2. The van der Waals surface area contributed by atoms with E-state index >= 15 is 0 Å². The van der Waals surface area contributed by atoms with Crippen molar-refractivity contribution in [1.82, 2.24) is 0 Å². The van der Waals surface area contributed by atoms with E-state index in [2.05, 4.69) is 87.5 Å². The number of unbranched alkanes of at least 4 members (excludes halogenated alkanes) is 3. The van der Waals surface area contributed by atoms with Crippen molar-refractivity contribution in [2.24, 2.45) is 0 Å². The van der Waals surface area contributed by atoms with Crippen LogP contribution in [0.4, 0.5) is 0 Å². The minimum Gasteiger partial charge on any atom is -0.200 e. The fourth-order valence-electron chi connectivity index (χ4n) is 4.57. The van der Waals surface area contributed by atoms with Gasteiger partial charge in [-0.3, -0.25) is 0 Å². The number of hydrogen-bond acceptors (Lipinski definition) is 0. The minimum atomic E-state index is -1.16. The summed E-state index contributed by atoms with van der Waals surface area (Å²) in [6.45, 7) is 6.38. The summed E-state index contributed by atoms with van der Waals surface area (Å²) in [6, 6.07) is 24.1. The number of aryl methyl sites for hydroxylation is 2. The van der Waals surface area contributed by atoms with Gasteiger partial charge in [0.2, 0.25) is 0 Å². The number of halogens is 2. The first-order valence-corrected chi connectivity index (χ1v) is 11.5. The van der Waals surface area contributed by atoms with Crippen LogP contribution in [0.5, 0.6) is 0 Å². The second kappa shape index (κ2) is 9.87. The molecule has 152 valence electrons. The van der Waals surface area contributed by atoms with Gasteiger partial charge in [0.1, 0.15) is 0 Å². The predicted octanol–water partition coefficient (Wildman–Crippen LogP) is 6.66. The maximum atomic E-state index is 6.62. The Bertz CT molecular complexity index is 899. The molecule has 29 heavy (non-hydrogen) atoms. The zero-order valence-electron chi connectivity index (χ0n) is 17.7. The van der Waals surface area contributed by atoms with Crippen LogP contribution in [0.3, 0.4) is 0 Å². The first-order valence-electron chi connectivity index (χ1n) is 10.7. The van der Waals surface area contributed by atoms with Gasteiger partial charge in [0, 0.05) is 10.0 Å². The molecule has 0 N–H and O–H groups in total. The van der Waals surface area contributed by atoms with Crippen LogP contribution in [-0.4, -0.2) is 6.15 Å². The zero-order valence-corrected chi connectivity index (χ0v) is 19.2. The standard InChI is InChI=1S/C26H30BCl2/c1-4-5-6-10-17-27(22-11-8-7-9-12-22,23-15-13-20(2)25(28)18-23)24-16-14-21(3)26(29)19-24/h7-9,11-16,18-19H,4-6,10,17H2,1-3H3/q-1. The molecule has 0 aliphatic heterocycles. The van der Waals surface area contributed by atoms with Crippen molar-refractivity contribution in [3.05, 3.63) is 87.9 Å². The van der Waals surface area contributed by atoms with E-state index in [0.29, 0.717) is 0 Å². The molecule has 0 unspecified atom stereocenters. The fourth-order valence-corrected chi connectivity index (χ4v) is 4.95. The Morgan fingerprint density at radius 1 is 0.655 bits per heavy atom. The summed E-state index contributed by atoms with van der Waals surface area (Å²) in [4.78, 5) is 0. The Morgan fingerprint density at radius 3 is 1.69 bits per heavy atom. The molecule has 0 amide bonds. The lowest BCUT2D eigenvalue weighted by molar-refractivity contribution is 0.698. The van der Waals surface area contributed by atoms with Gasteiger partial charge in [-0.1, -0.05) is 123 Å². The maximum Gasteiger partial charge on any atom is 0.0816 e. The molecular formula is C26H30BCl2-. The molecule has 0 saturated carbocycles. The fraction of sp³-hybridized carbons (Fsp3) is 0.308. The minimum absolute atomic E-state index is 0.830. The van der Waals surface area contributed by atoms with Crippen molar-refractivity contribution in [2.75, 3.05) is 0 Å². The van der Waals surface area contributed by atoms with Crippen molar-refractivity contribution in [2.45, 2.75) is 52.8 Å². The van der Waals surface area contributed by atoms with Crippen molar-refractivity contribution < 1.29 is 0 Å². The van der Waals surface area contributed by atoms with Crippen LogP contribution in [-0.2, 0) is 0 Å². The summed E-state index contributed by atoms with van der Waals surface area (Å²) < 4.78 is 0. The molecule has 0 aliphatic carbocycles. The van der Waals surface area contributed by atoms with Gasteiger partial charge in [0.25, 0.3) is 0 Å². The van der Waals surface area contributed by atoms with Gasteiger partial charge in [0.15, 0.2) is 0 Å². The van der Waals surface area contributed by atoms with Crippen LogP contribution in [0.25, 0.3) is 0 Å². The van der Waals surface area contributed by atoms with Gasteiger partial charge in [0.05, 0.1) is 6.15 Å². The van der Waals surface area contributed by atoms with Crippen molar-refractivity contribution in [3.63, 3.8) is 0 Å². The van der Waals surface area contributed by atoms with Gasteiger partial charge < -0.3 is 0 Å². The average molecular weight is 424 g/mol. The molecular weight excluding hydrogens is 394 g/mol. The monoisotopic (exact) mass is 423 g/mol. The largest absolute Gasteiger partial charge is 0.200 e. The van der Waals surface area contributed by atoms with Crippen molar-refractivity contribution >= 4 is 45.7 Å². The topological polar surface area (TPSA) is 0 Å².